The number of nitrogens with two attached hydrogens (primary N) is 1. The molecule has 19 heavy (non-hydrogen) atoms. The molecule has 1 aliphatic rings. The van der Waals surface area contributed by atoms with E-state index in [1.807, 2.05) is 11.8 Å². The van der Waals surface area contributed by atoms with Gasteiger partial charge in [0.2, 0.25) is 5.91 Å². The molecule has 3 N–H and O–H groups in total. The van der Waals surface area contributed by atoms with E-state index in [9.17, 15) is 18.0 Å². The van der Waals surface area contributed by atoms with E-state index in [-0.39, 0.29) is 12.6 Å². The van der Waals surface area contributed by atoms with Gasteiger partial charge in [0.15, 0.2) is 0 Å². The van der Waals surface area contributed by atoms with Gasteiger partial charge in [-0.1, -0.05) is 13.3 Å². The number of hydrogen-bond acceptors (Lipinski definition) is 3. The number of primary amides is 1. The molecule has 1 rings (SSSR count). The molecule has 0 spiro atoms. The molecule has 0 radical (unpaired) electrons. The van der Waals surface area contributed by atoms with Gasteiger partial charge in [-0.25, -0.2) is 0 Å². The van der Waals surface area contributed by atoms with Gasteiger partial charge in [0.1, 0.15) is 0 Å². The van der Waals surface area contributed by atoms with Gasteiger partial charge in [-0.2, -0.15) is 13.2 Å². The van der Waals surface area contributed by atoms with Crippen molar-refractivity contribution in [3.8, 4) is 0 Å². The monoisotopic (exact) mass is 281 g/mol. The topological polar surface area (TPSA) is 58.4 Å². The Morgan fingerprint density at radius 2 is 2.11 bits per heavy atom. The van der Waals surface area contributed by atoms with Crippen molar-refractivity contribution in [3.05, 3.63) is 0 Å². The zero-order valence-electron chi connectivity index (χ0n) is 11.2. The normalized spacial score (nSPS) is 25.5. The third-order valence-corrected chi connectivity index (χ3v) is 3.28. The number of piperidine rings is 1. The van der Waals surface area contributed by atoms with Gasteiger partial charge in [-0.3, -0.25) is 9.69 Å². The summed E-state index contributed by atoms with van der Waals surface area (Å²) in [6, 6.07) is -0.230. The number of alkyl halides is 3. The highest BCUT2D eigenvalue weighted by Gasteiger charge is 2.32. The minimum atomic E-state index is -4.20. The summed E-state index contributed by atoms with van der Waals surface area (Å²) in [5.41, 5.74) is 5.15. The van der Waals surface area contributed by atoms with E-state index in [1.165, 1.54) is 0 Å². The highest BCUT2D eigenvalue weighted by molar-refractivity contribution is 5.75. The van der Waals surface area contributed by atoms with Gasteiger partial charge in [0.05, 0.1) is 13.1 Å². The molecule has 0 aromatic carbocycles. The Bertz CT molecular complexity index is 296. The van der Waals surface area contributed by atoms with Crippen LogP contribution in [0.2, 0.25) is 0 Å². The van der Waals surface area contributed by atoms with Crippen molar-refractivity contribution in [3.63, 3.8) is 0 Å². The molecule has 0 aromatic heterocycles. The van der Waals surface area contributed by atoms with Crippen molar-refractivity contribution >= 4 is 5.91 Å². The maximum Gasteiger partial charge on any atom is 0.401 e. The zero-order valence-corrected chi connectivity index (χ0v) is 11.2. The molecule has 1 aliphatic heterocycles. The Kier molecular flexibility index (Phi) is 6.06. The fourth-order valence-corrected chi connectivity index (χ4v) is 2.68. The van der Waals surface area contributed by atoms with Crippen LogP contribution in [-0.4, -0.2) is 49.2 Å². The van der Waals surface area contributed by atoms with Crippen LogP contribution < -0.4 is 11.1 Å². The number of nitrogens with one attached hydrogen (secondary N) is 1. The quantitative estimate of drug-likeness (QED) is 0.767. The highest BCUT2D eigenvalue weighted by atomic mass is 19.4. The molecule has 4 nitrogen and oxygen atoms in total. The molecule has 0 saturated carbocycles. The van der Waals surface area contributed by atoms with Crippen LogP contribution in [-0.2, 0) is 4.79 Å². The molecule has 0 bridgehead atoms. The SMILES string of the molecule is CCCC1CC(NCC(F)(F)F)CN(CC(N)=O)C1. The largest absolute Gasteiger partial charge is 0.401 e. The second-order valence-corrected chi connectivity index (χ2v) is 5.24. The second kappa shape index (κ2) is 7.09. The van der Waals surface area contributed by atoms with E-state index in [0.717, 1.165) is 25.8 Å². The summed E-state index contributed by atoms with van der Waals surface area (Å²) in [5.74, 6) is -0.115. The minimum absolute atomic E-state index is 0.115. The Hall–Kier alpha value is -0.820. The predicted molar refractivity (Wildman–Crippen MR) is 66.5 cm³/mol. The molecule has 112 valence electrons. The minimum Gasteiger partial charge on any atom is -0.369 e. The molecular formula is C12H22F3N3O. The van der Waals surface area contributed by atoms with Crippen molar-refractivity contribution in [1.29, 1.82) is 0 Å². The van der Waals surface area contributed by atoms with Crippen LogP contribution in [0.15, 0.2) is 0 Å². The molecule has 1 heterocycles. The van der Waals surface area contributed by atoms with E-state index in [0.29, 0.717) is 12.5 Å². The van der Waals surface area contributed by atoms with E-state index in [2.05, 4.69) is 5.32 Å². The Morgan fingerprint density at radius 1 is 1.42 bits per heavy atom. The van der Waals surface area contributed by atoms with Crippen LogP contribution in [0.25, 0.3) is 0 Å². The molecule has 1 fully saturated rings. The fraction of sp³-hybridized carbons (Fsp3) is 0.917. The summed E-state index contributed by atoms with van der Waals surface area (Å²) >= 11 is 0. The van der Waals surface area contributed by atoms with Gasteiger partial charge in [0.25, 0.3) is 0 Å². The molecule has 0 aromatic rings. The summed E-state index contributed by atoms with van der Waals surface area (Å²) in [4.78, 5) is 12.8. The molecule has 7 heteroatoms. The first-order chi connectivity index (χ1) is 8.80. The van der Waals surface area contributed by atoms with Crippen LogP contribution in [0.4, 0.5) is 13.2 Å². The van der Waals surface area contributed by atoms with E-state index in [1.54, 1.807) is 0 Å². The number of likely N-dealkylation sites (tertiary alicyclic amines) is 1. The van der Waals surface area contributed by atoms with Gasteiger partial charge in [-0.05, 0) is 18.8 Å². The van der Waals surface area contributed by atoms with Crippen molar-refractivity contribution in [2.24, 2.45) is 11.7 Å². The van der Waals surface area contributed by atoms with Gasteiger partial charge >= 0.3 is 6.18 Å². The lowest BCUT2D eigenvalue weighted by Crippen LogP contribution is -2.52. The van der Waals surface area contributed by atoms with Crippen molar-refractivity contribution in [2.45, 2.75) is 38.4 Å². The number of carbonyl (C=O) groups excluding carboxylic acids is 1. The van der Waals surface area contributed by atoms with E-state index in [4.69, 9.17) is 5.73 Å². The van der Waals surface area contributed by atoms with Gasteiger partial charge in [0, 0.05) is 19.1 Å². The fourth-order valence-electron chi connectivity index (χ4n) is 2.68. The predicted octanol–water partition coefficient (Wildman–Crippen LogP) is 1.11. The summed E-state index contributed by atoms with van der Waals surface area (Å²) in [6.45, 7) is 2.36. The first-order valence-corrected chi connectivity index (χ1v) is 6.61. The summed E-state index contributed by atoms with van der Waals surface area (Å²) < 4.78 is 36.6. The van der Waals surface area contributed by atoms with Gasteiger partial charge < -0.3 is 11.1 Å². The molecule has 1 saturated heterocycles. The van der Waals surface area contributed by atoms with Crippen LogP contribution in [0.3, 0.4) is 0 Å². The average molecular weight is 281 g/mol. The molecule has 0 aliphatic carbocycles. The molecule has 2 atom stereocenters. The third-order valence-electron chi connectivity index (χ3n) is 3.28. The highest BCUT2D eigenvalue weighted by Crippen LogP contribution is 2.22. The van der Waals surface area contributed by atoms with Crippen molar-refractivity contribution in [1.82, 2.24) is 10.2 Å². The lowest BCUT2D eigenvalue weighted by molar-refractivity contribution is -0.128. The van der Waals surface area contributed by atoms with Gasteiger partial charge in [-0.15, -0.1) is 0 Å². The maximum absolute atomic E-state index is 12.2. The number of carbonyl (C=O) groups is 1. The Labute approximate surface area is 111 Å². The second-order valence-electron chi connectivity index (χ2n) is 5.24. The number of halogens is 3. The standard InChI is InChI=1S/C12H22F3N3O/c1-2-3-9-4-10(17-8-12(13,14)15)6-18(5-9)7-11(16)19/h9-10,17H,2-8H2,1H3,(H2,16,19). The lowest BCUT2D eigenvalue weighted by Gasteiger charge is -2.37. The summed E-state index contributed by atoms with van der Waals surface area (Å²) in [7, 11) is 0. The number of rotatable bonds is 6. The Balaban J connectivity index is 2.51. The first-order valence-electron chi connectivity index (χ1n) is 6.61. The number of hydrogen-bond donors (Lipinski definition) is 2. The summed E-state index contributed by atoms with van der Waals surface area (Å²) in [6.07, 6.45) is -1.54. The van der Waals surface area contributed by atoms with Crippen LogP contribution in [0, 0.1) is 5.92 Å². The molecule has 1 amide bonds. The van der Waals surface area contributed by atoms with Crippen molar-refractivity contribution in [2.75, 3.05) is 26.2 Å². The van der Waals surface area contributed by atoms with Crippen LogP contribution in [0.5, 0.6) is 0 Å². The van der Waals surface area contributed by atoms with Crippen LogP contribution in [0.1, 0.15) is 26.2 Å². The Morgan fingerprint density at radius 3 is 2.63 bits per heavy atom. The third kappa shape index (κ3) is 6.77. The number of nitrogens with zero attached hydrogens (tertiary/aromatic N) is 1. The van der Waals surface area contributed by atoms with Crippen molar-refractivity contribution < 1.29 is 18.0 Å². The van der Waals surface area contributed by atoms with E-state index >= 15 is 0 Å². The average Bonchev–Trinajstić information content (AvgIpc) is 2.24. The maximum atomic E-state index is 12.2. The lowest BCUT2D eigenvalue weighted by atomic mass is 9.90. The number of amides is 1. The zero-order chi connectivity index (χ0) is 14.5. The molecule has 2 unspecified atom stereocenters. The smallest absolute Gasteiger partial charge is 0.369 e. The van der Waals surface area contributed by atoms with E-state index < -0.39 is 18.6 Å². The van der Waals surface area contributed by atoms with Crippen LogP contribution >= 0.6 is 0 Å². The summed E-state index contributed by atoms with van der Waals surface area (Å²) in [5, 5.41) is 2.53. The first kappa shape index (κ1) is 16.2. The molecular weight excluding hydrogens is 259 g/mol.